The Bertz CT molecular complexity index is 374. The maximum Gasteiger partial charge on any atom is 0.112 e. The van der Waals surface area contributed by atoms with Crippen LogP contribution in [0.25, 0.3) is 0 Å². The summed E-state index contributed by atoms with van der Waals surface area (Å²) in [5, 5.41) is 1.10. The molecule has 1 aromatic rings. The highest BCUT2D eigenvalue weighted by atomic mass is 32.1. The predicted molar refractivity (Wildman–Crippen MR) is 69.7 cm³/mol. The largest absolute Gasteiger partial charge is 0.320 e. The van der Waals surface area contributed by atoms with Gasteiger partial charge in [0, 0.05) is 4.88 Å². The zero-order valence-electron chi connectivity index (χ0n) is 10.7. The van der Waals surface area contributed by atoms with Gasteiger partial charge in [0.25, 0.3) is 0 Å². The first-order valence-electron chi connectivity index (χ1n) is 6.16. The molecule has 90 valence electrons. The summed E-state index contributed by atoms with van der Waals surface area (Å²) in [5.41, 5.74) is 7.14. The normalized spacial score (nSPS) is 21.2. The number of nitrogens with zero attached hydrogens (tertiary/aromatic N) is 1. The summed E-state index contributed by atoms with van der Waals surface area (Å²) >= 11 is 1.83. The van der Waals surface area contributed by atoms with Crippen LogP contribution in [-0.4, -0.2) is 4.98 Å². The molecule has 0 radical (unpaired) electrons. The molecular formula is C13H22N2S. The second kappa shape index (κ2) is 4.11. The van der Waals surface area contributed by atoms with Crippen LogP contribution in [0.4, 0.5) is 0 Å². The van der Waals surface area contributed by atoms with Crippen molar-refractivity contribution in [1.29, 1.82) is 0 Å². The number of hydrogen-bond donors (Lipinski definition) is 1. The van der Waals surface area contributed by atoms with Crippen LogP contribution < -0.4 is 5.73 Å². The fourth-order valence-electron chi connectivity index (χ4n) is 2.25. The molecule has 1 heterocycles. The molecule has 2 N–H and O–H groups in total. The zero-order valence-corrected chi connectivity index (χ0v) is 11.5. The average molecular weight is 238 g/mol. The minimum atomic E-state index is -0.282. The zero-order chi connectivity index (χ0) is 11.9. The summed E-state index contributed by atoms with van der Waals surface area (Å²) in [5.74, 6) is 1.62. The standard InChI is InChI=1S/C13H22N2S/c1-8(2)9-5-6-10-11(7-9)16-12(15-10)13(3,4)14/h8-9H,5-7,14H2,1-4H3. The van der Waals surface area contributed by atoms with Crippen LogP contribution in [0.5, 0.6) is 0 Å². The number of nitrogens with two attached hydrogens (primary N) is 1. The van der Waals surface area contributed by atoms with E-state index >= 15 is 0 Å². The molecule has 0 fully saturated rings. The monoisotopic (exact) mass is 238 g/mol. The maximum absolute atomic E-state index is 6.11. The van der Waals surface area contributed by atoms with Crippen molar-refractivity contribution in [2.24, 2.45) is 17.6 Å². The lowest BCUT2D eigenvalue weighted by Gasteiger charge is -2.24. The predicted octanol–water partition coefficient (Wildman–Crippen LogP) is 3.10. The second-order valence-electron chi connectivity index (χ2n) is 5.86. The van der Waals surface area contributed by atoms with Gasteiger partial charge in [-0.25, -0.2) is 4.98 Å². The third kappa shape index (κ3) is 2.30. The van der Waals surface area contributed by atoms with Crippen molar-refractivity contribution in [2.75, 3.05) is 0 Å². The molecule has 1 unspecified atom stereocenters. The Morgan fingerprint density at radius 1 is 1.44 bits per heavy atom. The van der Waals surface area contributed by atoms with E-state index in [1.165, 1.54) is 23.4 Å². The lowest BCUT2D eigenvalue weighted by Crippen LogP contribution is -2.28. The molecule has 0 spiro atoms. The number of thiazole rings is 1. The fourth-order valence-corrected chi connectivity index (χ4v) is 3.46. The van der Waals surface area contributed by atoms with Crippen LogP contribution >= 0.6 is 11.3 Å². The van der Waals surface area contributed by atoms with Crippen LogP contribution in [0, 0.1) is 11.8 Å². The van der Waals surface area contributed by atoms with E-state index in [9.17, 15) is 0 Å². The van der Waals surface area contributed by atoms with Gasteiger partial charge in [-0.05, 0) is 44.9 Å². The third-order valence-electron chi connectivity index (χ3n) is 3.47. The molecule has 2 nitrogen and oxygen atoms in total. The van der Waals surface area contributed by atoms with Gasteiger partial charge in [0.15, 0.2) is 0 Å². The first-order valence-corrected chi connectivity index (χ1v) is 6.97. The van der Waals surface area contributed by atoms with Crippen molar-refractivity contribution in [3.8, 4) is 0 Å². The van der Waals surface area contributed by atoms with E-state index in [1.54, 1.807) is 0 Å². The molecule has 1 atom stereocenters. The van der Waals surface area contributed by atoms with Gasteiger partial charge in [0.2, 0.25) is 0 Å². The van der Waals surface area contributed by atoms with Gasteiger partial charge in [0.1, 0.15) is 5.01 Å². The molecule has 3 heteroatoms. The minimum absolute atomic E-state index is 0.282. The van der Waals surface area contributed by atoms with E-state index in [-0.39, 0.29) is 5.54 Å². The van der Waals surface area contributed by atoms with Gasteiger partial charge in [-0.3, -0.25) is 0 Å². The van der Waals surface area contributed by atoms with E-state index in [0.717, 1.165) is 23.3 Å². The van der Waals surface area contributed by atoms with E-state index in [0.29, 0.717) is 0 Å². The quantitative estimate of drug-likeness (QED) is 0.860. The van der Waals surface area contributed by atoms with Crippen LogP contribution in [0.2, 0.25) is 0 Å². The van der Waals surface area contributed by atoms with Crippen LogP contribution in [-0.2, 0) is 18.4 Å². The molecule has 0 saturated heterocycles. The summed E-state index contributed by atoms with van der Waals surface area (Å²) in [6, 6.07) is 0. The lowest BCUT2D eigenvalue weighted by molar-refractivity contribution is 0.343. The Kier molecular flexibility index (Phi) is 3.10. The van der Waals surface area contributed by atoms with Crippen molar-refractivity contribution >= 4 is 11.3 Å². The van der Waals surface area contributed by atoms with Crippen LogP contribution in [0.1, 0.15) is 49.7 Å². The van der Waals surface area contributed by atoms with Crippen molar-refractivity contribution < 1.29 is 0 Å². The average Bonchev–Trinajstić information content (AvgIpc) is 2.58. The molecule has 0 aliphatic heterocycles. The molecule has 1 aromatic heterocycles. The smallest absolute Gasteiger partial charge is 0.112 e. The van der Waals surface area contributed by atoms with E-state index in [4.69, 9.17) is 10.7 Å². The van der Waals surface area contributed by atoms with Gasteiger partial charge in [-0.1, -0.05) is 13.8 Å². The van der Waals surface area contributed by atoms with Gasteiger partial charge in [0.05, 0.1) is 11.2 Å². The molecule has 16 heavy (non-hydrogen) atoms. The third-order valence-corrected chi connectivity index (χ3v) is 4.93. The Balaban J connectivity index is 2.23. The Labute approximate surface area is 102 Å². The highest BCUT2D eigenvalue weighted by Crippen LogP contribution is 2.35. The van der Waals surface area contributed by atoms with Gasteiger partial charge in [-0.2, -0.15) is 0 Å². The van der Waals surface area contributed by atoms with Gasteiger partial charge >= 0.3 is 0 Å². The Morgan fingerprint density at radius 2 is 2.12 bits per heavy atom. The Morgan fingerprint density at radius 3 is 2.69 bits per heavy atom. The van der Waals surface area contributed by atoms with E-state index in [2.05, 4.69) is 13.8 Å². The molecule has 0 bridgehead atoms. The van der Waals surface area contributed by atoms with Gasteiger partial charge < -0.3 is 5.73 Å². The second-order valence-corrected chi connectivity index (χ2v) is 6.94. The lowest BCUT2D eigenvalue weighted by atomic mass is 9.83. The summed E-state index contributed by atoms with van der Waals surface area (Å²) < 4.78 is 0. The fraction of sp³-hybridized carbons (Fsp3) is 0.769. The summed E-state index contributed by atoms with van der Waals surface area (Å²) in [6.45, 7) is 8.73. The number of aromatic nitrogens is 1. The number of hydrogen-bond acceptors (Lipinski definition) is 3. The number of rotatable bonds is 2. The van der Waals surface area contributed by atoms with Gasteiger partial charge in [-0.15, -0.1) is 11.3 Å². The van der Waals surface area contributed by atoms with Crippen LogP contribution in [0.15, 0.2) is 0 Å². The van der Waals surface area contributed by atoms with Crippen LogP contribution in [0.3, 0.4) is 0 Å². The molecule has 2 rings (SSSR count). The first-order chi connectivity index (χ1) is 7.38. The van der Waals surface area contributed by atoms with E-state index < -0.39 is 0 Å². The molecule has 0 aromatic carbocycles. The minimum Gasteiger partial charge on any atom is -0.320 e. The summed E-state index contributed by atoms with van der Waals surface area (Å²) in [6.07, 6.45) is 3.64. The molecule has 0 amide bonds. The van der Waals surface area contributed by atoms with Crippen molar-refractivity contribution in [1.82, 2.24) is 4.98 Å². The Hall–Kier alpha value is -0.410. The highest BCUT2D eigenvalue weighted by molar-refractivity contribution is 7.11. The number of aryl methyl sites for hydroxylation is 1. The highest BCUT2D eigenvalue weighted by Gasteiger charge is 2.27. The summed E-state index contributed by atoms with van der Waals surface area (Å²) in [4.78, 5) is 6.19. The topological polar surface area (TPSA) is 38.9 Å². The first kappa shape index (κ1) is 12.1. The molecule has 0 saturated carbocycles. The molecule has 1 aliphatic carbocycles. The molecular weight excluding hydrogens is 216 g/mol. The summed E-state index contributed by atoms with van der Waals surface area (Å²) in [7, 11) is 0. The number of fused-ring (bicyclic) bond motifs is 1. The maximum atomic E-state index is 6.11. The van der Waals surface area contributed by atoms with Crippen molar-refractivity contribution in [2.45, 2.75) is 52.5 Å². The van der Waals surface area contributed by atoms with Crippen molar-refractivity contribution in [3.63, 3.8) is 0 Å². The SMILES string of the molecule is CC(C)C1CCc2nc(C(C)(C)N)sc2C1. The van der Waals surface area contributed by atoms with E-state index in [1.807, 2.05) is 25.2 Å². The van der Waals surface area contributed by atoms with Crippen molar-refractivity contribution in [3.05, 3.63) is 15.6 Å². The molecule has 1 aliphatic rings.